The van der Waals surface area contributed by atoms with Crippen LogP contribution < -0.4 is 5.32 Å². The van der Waals surface area contributed by atoms with Crippen LogP contribution in [-0.2, 0) is 14.3 Å². The molecule has 0 radical (unpaired) electrons. The highest BCUT2D eigenvalue weighted by Gasteiger charge is 2.29. The zero-order valence-corrected chi connectivity index (χ0v) is 15.7. The summed E-state index contributed by atoms with van der Waals surface area (Å²) in [4.78, 5) is 49.3. The summed E-state index contributed by atoms with van der Waals surface area (Å²) < 4.78 is 5.04. The molecule has 0 bridgehead atoms. The molecular formula is C22H19NO5. The van der Waals surface area contributed by atoms with Gasteiger partial charge in [-0.25, -0.2) is 4.79 Å². The third-order valence-corrected chi connectivity index (χ3v) is 4.26. The molecule has 1 aliphatic rings. The standard InChI is InChI=1S/C22H19NO5/c1-12(2)10-19(24)28-13(3)22(27)23-14-8-9-17-18(11-14)21(26)16-7-5-4-6-15(16)20(17)25/h4-11,13H,1-3H3,(H,23,27)/t13-/m1/s1. The number of ketones is 2. The van der Waals surface area contributed by atoms with Gasteiger partial charge in [0.15, 0.2) is 17.7 Å². The molecule has 2 aromatic rings. The van der Waals surface area contributed by atoms with Crippen molar-refractivity contribution in [3.05, 3.63) is 76.4 Å². The minimum absolute atomic E-state index is 0.230. The van der Waals surface area contributed by atoms with E-state index in [9.17, 15) is 19.2 Å². The molecule has 6 nitrogen and oxygen atoms in total. The van der Waals surface area contributed by atoms with Crippen LogP contribution in [0.5, 0.6) is 0 Å². The monoisotopic (exact) mass is 377 g/mol. The van der Waals surface area contributed by atoms with E-state index in [4.69, 9.17) is 4.74 Å². The number of rotatable bonds is 4. The quantitative estimate of drug-likeness (QED) is 0.557. The molecule has 142 valence electrons. The van der Waals surface area contributed by atoms with E-state index in [0.29, 0.717) is 22.4 Å². The molecule has 0 saturated heterocycles. The number of carbonyl (C=O) groups is 4. The molecule has 0 aliphatic heterocycles. The second kappa shape index (κ2) is 7.60. The molecule has 0 heterocycles. The van der Waals surface area contributed by atoms with Crippen LogP contribution in [0.2, 0.25) is 0 Å². The predicted octanol–water partition coefficient (Wildman–Crippen LogP) is 3.30. The van der Waals surface area contributed by atoms with Gasteiger partial charge in [-0.3, -0.25) is 14.4 Å². The molecule has 0 fully saturated rings. The van der Waals surface area contributed by atoms with E-state index in [-0.39, 0.29) is 17.1 Å². The largest absolute Gasteiger partial charge is 0.449 e. The number of amides is 1. The Morgan fingerprint density at radius 2 is 1.50 bits per heavy atom. The molecule has 1 aliphatic carbocycles. The summed E-state index contributed by atoms with van der Waals surface area (Å²) in [5.74, 6) is -1.65. The van der Waals surface area contributed by atoms with Gasteiger partial charge in [0.05, 0.1) is 0 Å². The van der Waals surface area contributed by atoms with Crippen molar-refractivity contribution in [1.82, 2.24) is 0 Å². The molecule has 0 saturated carbocycles. The lowest BCUT2D eigenvalue weighted by atomic mass is 9.84. The smallest absolute Gasteiger partial charge is 0.331 e. The van der Waals surface area contributed by atoms with Gasteiger partial charge in [0.2, 0.25) is 0 Å². The molecule has 1 amide bonds. The second-order valence-corrected chi connectivity index (χ2v) is 6.75. The first-order chi connectivity index (χ1) is 13.3. The number of allylic oxidation sites excluding steroid dienone is 1. The maximum Gasteiger partial charge on any atom is 0.331 e. The van der Waals surface area contributed by atoms with Gasteiger partial charge in [0.25, 0.3) is 5.91 Å². The van der Waals surface area contributed by atoms with Crippen molar-refractivity contribution < 1.29 is 23.9 Å². The fourth-order valence-electron chi connectivity index (χ4n) is 2.92. The van der Waals surface area contributed by atoms with Crippen LogP contribution in [0.15, 0.2) is 54.1 Å². The summed E-state index contributed by atoms with van der Waals surface area (Å²) in [6.07, 6.45) is 0.280. The number of nitrogens with one attached hydrogen (secondary N) is 1. The fraction of sp³-hybridized carbons (Fsp3) is 0.182. The van der Waals surface area contributed by atoms with Gasteiger partial charge in [0.1, 0.15) is 0 Å². The second-order valence-electron chi connectivity index (χ2n) is 6.75. The maximum atomic E-state index is 12.7. The summed E-state index contributed by atoms with van der Waals surface area (Å²) >= 11 is 0. The van der Waals surface area contributed by atoms with Crippen molar-refractivity contribution in [3.8, 4) is 0 Å². The van der Waals surface area contributed by atoms with E-state index < -0.39 is 18.0 Å². The van der Waals surface area contributed by atoms with Crippen molar-refractivity contribution in [2.75, 3.05) is 5.32 Å². The summed E-state index contributed by atoms with van der Waals surface area (Å²) in [7, 11) is 0. The zero-order chi connectivity index (χ0) is 20.4. The number of esters is 1. The summed E-state index contributed by atoms with van der Waals surface area (Å²) in [6.45, 7) is 4.94. The number of benzene rings is 2. The van der Waals surface area contributed by atoms with Crippen LogP contribution in [0.3, 0.4) is 0 Å². The van der Waals surface area contributed by atoms with E-state index in [2.05, 4.69) is 5.32 Å². The van der Waals surface area contributed by atoms with E-state index in [0.717, 1.165) is 5.57 Å². The van der Waals surface area contributed by atoms with Gasteiger partial charge >= 0.3 is 5.97 Å². The molecule has 0 unspecified atom stereocenters. The van der Waals surface area contributed by atoms with Crippen LogP contribution in [0, 0.1) is 0 Å². The molecule has 3 rings (SSSR count). The summed E-state index contributed by atoms with van der Waals surface area (Å²) in [5.41, 5.74) is 2.34. The Morgan fingerprint density at radius 3 is 2.11 bits per heavy atom. The van der Waals surface area contributed by atoms with Gasteiger partial charge in [0, 0.05) is 34.0 Å². The molecule has 1 atom stereocenters. The SMILES string of the molecule is CC(C)=CC(=O)O[C@H](C)C(=O)Nc1ccc2c(c1)C(=O)c1ccccc1C2=O. The Bertz CT molecular complexity index is 1030. The Kier molecular flexibility index (Phi) is 5.22. The number of hydrogen-bond donors (Lipinski definition) is 1. The first kappa shape index (κ1) is 19.2. The minimum Gasteiger partial charge on any atom is -0.449 e. The molecular weight excluding hydrogens is 358 g/mol. The van der Waals surface area contributed by atoms with Crippen molar-refractivity contribution in [3.63, 3.8) is 0 Å². The molecule has 1 N–H and O–H groups in total. The van der Waals surface area contributed by atoms with Crippen molar-refractivity contribution >= 4 is 29.1 Å². The number of fused-ring (bicyclic) bond motifs is 2. The third-order valence-electron chi connectivity index (χ3n) is 4.26. The lowest BCUT2D eigenvalue weighted by molar-refractivity contribution is -0.148. The summed E-state index contributed by atoms with van der Waals surface area (Å²) in [5, 5.41) is 2.61. The lowest BCUT2D eigenvalue weighted by Crippen LogP contribution is -2.30. The highest BCUT2D eigenvalue weighted by atomic mass is 16.5. The van der Waals surface area contributed by atoms with Crippen LogP contribution >= 0.6 is 0 Å². The minimum atomic E-state index is -1.02. The van der Waals surface area contributed by atoms with E-state index in [1.54, 1.807) is 44.2 Å². The van der Waals surface area contributed by atoms with Crippen LogP contribution in [0.25, 0.3) is 0 Å². The van der Waals surface area contributed by atoms with Gasteiger partial charge in [-0.2, -0.15) is 0 Å². The maximum absolute atomic E-state index is 12.7. The van der Waals surface area contributed by atoms with Crippen LogP contribution in [0.1, 0.15) is 52.6 Å². The number of carbonyl (C=O) groups excluding carboxylic acids is 4. The Balaban J connectivity index is 1.80. The van der Waals surface area contributed by atoms with Gasteiger partial charge < -0.3 is 10.1 Å². The number of hydrogen-bond acceptors (Lipinski definition) is 5. The predicted molar refractivity (Wildman–Crippen MR) is 103 cm³/mol. The van der Waals surface area contributed by atoms with Crippen molar-refractivity contribution in [1.29, 1.82) is 0 Å². The lowest BCUT2D eigenvalue weighted by Gasteiger charge is -2.18. The average molecular weight is 377 g/mol. The van der Waals surface area contributed by atoms with Crippen molar-refractivity contribution in [2.24, 2.45) is 0 Å². The Morgan fingerprint density at radius 1 is 0.929 bits per heavy atom. The topological polar surface area (TPSA) is 89.5 Å². The Hall–Kier alpha value is -3.54. The Labute approximate surface area is 162 Å². The van der Waals surface area contributed by atoms with Gasteiger partial charge in [-0.05, 0) is 39.0 Å². The first-order valence-electron chi connectivity index (χ1n) is 8.77. The number of anilines is 1. The van der Waals surface area contributed by atoms with E-state index in [1.165, 1.54) is 25.1 Å². The first-order valence-corrected chi connectivity index (χ1v) is 8.77. The molecule has 0 aromatic heterocycles. The highest BCUT2D eigenvalue weighted by molar-refractivity contribution is 6.28. The van der Waals surface area contributed by atoms with Gasteiger partial charge in [-0.15, -0.1) is 0 Å². The van der Waals surface area contributed by atoms with Crippen LogP contribution in [-0.4, -0.2) is 29.5 Å². The molecule has 28 heavy (non-hydrogen) atoms. The van der Waals surface area contributed by atoms with E-state index in [1.807, 2.05) is 0 Å². The van der Waals surface area contributed by atoms with Gasteiger partial charge in [-0.1, -0.05) is 29.8 Å². The normalized spacial score (nSPS) is 13.1. The molecule has 6 heteroatoms. The molecule has 2 aromatic carbocycles. The third kappa shape index (κ3) is 3.76. The number of ether oxygens (including phenoxy) is 1. The average Bonchev–Trinajstić information content (AvgIpc) is 2.65. The highest BCUT2D eigenvalue weighted by Crippen LogP contribution is 2.29. The van der Waals surface area contributed by atoms with Crippen molar-refractivity contribution in [2.45, 2.75) is 26.9 Å². The van der Waals surface area contributed by atoms with E-state index >= 15 is 0 Å². The zero-order valence-electron chi connectivity index (χ0n) is 15.7. The molecule has 0 spiro atoms. The van der Waals surface area contributed by atoms with Crippen LogP contribution in [0.4, 0.5) is 5.69 Å². The summed E-state index contributed by atoms with van der Waals surface area (Å²) in [6, 6.07) is 11.2. The fourth-order valence-corrected chi connectivity index (χ4v) is 2.92.